The summed E-state index contributed by atoms with van der Waals surface area (Å²) in [5.41, 5.74) is 1.09. The fourth-order valence-electron chi connectivity index (χ4n) is 2.83. The standard InChI is InChI=1S/C20H16Cl2N6O2S/c1-13-23-8-9-28(13)20-11-19(24-12-25-20)26-15-3-5-16(6-4-15)27-31(29,30)18-10-14(21)2-7-17(18)22/h2-12,27H,1H3,(H,24,25,26). The Morgan fingerprint density at radius 1 is 0.935 bits per heavy atom. The minimum absolute atomic E-state index is 0.0860. The van der Waals surface area contributed by atoms with Gasteiger partial charge in [-0.15, -0.1) is 0 Å². The van der Waals surface area contributed by atoms with E-state index < -0.39 is 10.0 Å². The molecule has 11 heteroatoms. The summed E-state index contributed by atoms with van der Waals surface area (Å²) in [5, 5.41) is 3.53. The van der Waals surface area contributed by atoms with Crippen molar-refractivity contribution in [3.63, 3.8) is 0 Å². The number of halogens is 2. The van der Waals surface area contributed by atoms with E-state index in [1.807, 2.05) is 17.7 Å². The fourth-order valence-corrected chi connectivity index (χ4v) is 4.65. The number of nitrogens with one attached hydrogen (secondary N) is 2. The van der Waals surface area contributed by atoms with E-state index in [1.54, 1.807) is 36.5 Å². The minimum atomic E-state index is -3.89. The molecule has 158 valence electrons. The number of benzene rings is 2. The third kappa shape index (κ3) is 4.79. The van der Waals surface area contributed by atoms with Crippen LogP contribution in [0.2, 0.25) is 10.0 Å². The van der Waals surface area contributed by atoms with Crippen molar-refractivity contribution >= 4 is 50.4 Å². The van der Waals surface area contributed by atoms with Gasteiger partial charge in [-0.3, -0.25) is 9.29 Å². The quantitative estimate of drug-likeness (QED) is 0.415. The van der Waals surface area contributed by atoms with Crippen LogP contribution in [0.15, 0.2) is 72.1 Å². The van der Waals surface area contributed by atoms with Gasteiger partial charge in [0.2, 0.25) is 0 Å². The zero-order valence-electron chi connectivity index (χ0n) is 16.1. The van der Waals surface area contributed by atoms with Gasteiger partial charge in [-0.25, -0.2) is 23.4 Å². The second-order valence-electron chi connectivity index (χ2n) is 6.49. The first-order valence-electron chi connectivity index (χ1n) is 8.99. The predicted octanol–water partition coefficient (Wildman–Crippen LogP) is 4.82. The van der Waals surface area contributed by atoms with Crippen molar-refractivity contribution in [2.75, 3.05) is 10.0 Å². The first kappa shape index (κ1) is 21.1. The molecule has 0 aliphatic heterocycles. The summed E-state index contributed by atoms with van der Waals surface area (Å²) < 4.78 is 29.6. The summed E-state index contributed by atoms with van der Waals surface area (Å²) in [6.07, 6.45) is 4.96. The van der Waals surface area contributed by atoms with Crippen LogP contribution < -0.4 is 10.0 Å². The van der Waals surface area contributed by atoms with Gasteiger partial charge in [0.1, 0.15) is 28.7 Å². The lowest BCUT2D eigenvalue weighted by Gasteiger charge is -2.11. The van der Waals surface area contributed by atoms with E-state index in [2.05, 4.69) is 25.0 Å². The molecule has 0 amide bonds. The molecular formula is C20H16Cl2N6O2S. The number of sulfonamides is 1. The number of rotatable bonds is 6. The van der Waals surface area contributed by atoms with Crippen molar-refractivity contribution < 1.29 is 8.42 Å². The average molecular weight is 475 g/mol. The maximum Gasteiger partial charge on any atom is 0.263 e. The molecule has 8 nitrogen and oxygen atoms in total. The number of aromatic nitrogens is 4. The smallest absolute Gasteiger partial charge is 0.263 e. The highest BCUT2D eigenvalue weighted by molar-refractivity contribution is 7.92. The van der Waals surface area contributed by atoms with Gasteiger partial charge in [-0.2, -0.15) is 0 Å². The molecule has 0 bridgehead atoms. The molecule has 0 spiro atoms. The molecule has 0 aliphatic carbocycles. The highest BCUT2D eigenvalue weighted by Crippen LogP contribution is 2.27. The second kappa shape index (κ2) is 8.54. The van der Waals surface area contributed by atoms with E-state index in [1.165, 1.54) is 24.5 Å². The first-order valence-corrected chi connectivity index (χ1v) is 11.2. The summed E-state index contributed by atoms with van der Waals surface area (Å²) in [5.74, 6) is 2.06. The molecule has 0 saturated carbocycles. The van der Waals surface area contributed by atoms with Crippen molar-refractivity contribution in [3.8, 4) is 5.82 Å². The molecule has 0 aliphatic rings. The van der Waals surface area contributed by atoms with Crippen LogP contribution in [0, 0.1) is 6.92 Å². The van der Waals surface area contributed by atoms with Gasteiger partial charge in [-0.1, -0.05) is 23.2 Å². The van der Waals surface area contributed by atoms with Crippen LogP contribution in [0.4, 0.5) is 17.2 Å². The average Bonchev–Trinajstić information content (AvgIpc) is 3.17. The summed E-state index contributed by atoms with van der Waals surface area (Å²) in [6.45, 7) is 1.88. The first-order chi connectivity index (χ1) is 14.8. The third-order valence-corrected chi connectivity index (χ3v) is 6.42. The third-order valence-electron chi connectivity index (χ3n) is 4.32. The van der Waals surface area contributed by atoms with E-state index in [4.69, 9.17) is 23.2 Å². The summed E-state index contributed by atoms with van der Waals surface area (Å²) >= 11 is 11.9. The van der Waals surface area contributed by atoms with E-state index >= 15 is 0 Å². The number of nitrogens with zero attached hydrogens (tertiary/aromatic N) is 4. The lowest BCUT2D eigenvalue weighted by Crippen LogP contribution is -2.13. The molecule has 2 heterocycles. The van der Waals surface area contributed by atoms with E-state index in [0.29, 0.717) is 17.3 Å². The van der Waals surface area contributed by atoms with Gasteiger partial charge in [-0.05, 0) is 49.4 Å². The van der Waals surface area contributed by atoms with E-state index in [-0.39, 0.29) is 14.9 Å². The molecule has 0 unspecified atom stereocenters. The molecule has 0 radical (unpaired) electrons. The van der Waals surface area contributed by atoms with Crippen LogP contribution in [0.5, 0.6) is 0 Å². The Bertz CT molecular complexity index is 1340. The molecule has 0 saturated heterocycles. The molecule has 2 aromatic heterocycles. The highest BCUT2D eigenvalue weighted by Gasteiger charge is 2.18. The lowest BCUT2D eigenvalue weighted by atomic mass is 10.3. The van der Waals surface area contributed by atoms with Crippen LogP contribution in [0.1, 0.15) is 5.82 Å². The number of hydrogen-bond acceptors (Lipinski definition) is 6. The lowest BCUT2D eigenvalue weighted by molar-refractivity contribution is 0.601. The Kier molecular flexibility index (Phi) is 5.81. The number of aryl methyl sites for hydroxylation is 1. The topological polar surface area (TPSA) is 102 Å². The largest absolute Gasteiger partial charge is 0.340 e. The van der Waals surface area contributed by atoms with E-state index in [0.717, 1.165) is 11.5 Å². The van der Waals surface area contributed by atoms with Crippen molar-refractivity contribution in [2.45, 2.75) is 11.8 Å². The Balaban J connectivity index is 1.50. The van der Waals surface area contributed by atoms with Crippen LogP contribution in [0.3, 0.4) is 0 Å². The zero-order valence-corrected chi connectivity index (χ0v) is 18.4. The zero-order chi connectivity index (χ0) is 22.0. The summed E-state index contributed by atoms with van der Waals surface area (Å²) in [4.78, 5) is 12.6. The van der Waals surface area contributed by atoms with Crippen molar-refractivity contribution in [1.82, 2.24) is 19.5 Å². The molecule has 31 heavy (non-hydrogen) atoms. The van der Waals surface area contributed by atoms with Crippen LogP contribution in [-0.4, -0.2) is 27.9 Å². The number of hydrogen-bond donors (Lipinski definition) is 2. The molecule has 0 atom stereocenters. The van der Waals surface area contributed by atoms with Crippen molar-refractivity contribution in [1.29, 1.82) is 0 Å². The van der Waals surface area contributed by atoms with Crippen molar-refractivity contribution in [2.24, 2.45) is 0 Å². The maximum absolute atomic E-state index is 12.6. The molecule has 0 fully saturated rings. The van der Waals surface area contributed by atoms with Gasteiger partial charge < -0.3 is 5.32 Å². The Morgan fingerprint density at radius 2 is 1.68 bits per heavy atom. The van der Waals surface area contributed by atoms with Gasteiger partial charge in [0.15, 0.2) is 0 Å². The van der Waals surface area contributed by atoms with E-state index in [9.17, 15) is 8.42 Å². The molecule has 4 aromatic rings. The number of anilines is 3. The van der Waals surface area contributed by atoms with Gasteiger partial charge in [0.05, 0.1) is 5.02 Å². The second-order valence-corrected chi connectivity index (χ2v) is 8.98. The molecule has 4 rings (SSSR count). The normalized spacial score (nSPS) is 11.3. The fraction of sp³-hybridized carbons (Fsp3) is 0.0500. The maximum atomic E-state index is 12.6. The Morgan fingerprint density at radius 3 is 2.39 bits per heavy atom. The Hall–Kier alpha value is -3.14. The molecule has 2 aromatic carbocycles. The van der Waals surface area contributed by atoms with Crippen LogP contribution >= 0.6 is 23.2 Å². The summed E-state index contributed by atoms with van der Waals surface area (Å²) in [6, 6.07) is 12.7. The van der Waals surface area contributed by atoms with Crippen molar-refractivity contribution in [3.05, 3.63) is 83.1 Å². The van der Waals surface area contributed by atoms with Gasteiger partial charge in [0, 0.05) is 34.9 Å². The molecule has 2 N–H and O–H groups in total. The Labute approximate surface area is 189 Å². The minimum Gasteiger partial charge on any atom is -0.340 e. The predicted molar refractivity (Wildman–Crippen MR) is 121 cm³/mol. The summed E-state index contributed by atoms with van der Waals surface area (Å²) in [7, 11) is -3.89. The van der Waals surface area contributed by atoms with Crippen LogP contribution in [0.25, 0.3) is 5.82 Å². The van der Waals surface area contributed by atoms with Gasteiger partial charge >= 0.3 is 0 Å². The number of imidazole rings is 1. The highest BCUT2D eigenvalue weighted by atomic mass is 35.5. The monoisotopic (exact) mass is 474 g/mol. The van der Waals surface area contributed by atoms with Gasteiger partial charge in [0.25, 0.3) is 10.0 Å². The SMILES string of the molecule is Cc1nccn1-c1cc(Nc2ccc(NS(=O)(=O)c3cc(Cl)ccc3Cl)cc2)ncn1. The van der Waals surface area contributed by atoms with Crippen LogP contribution in [-0.2, 0) is 10.0 Å². The molecular weight excluding hydrogens is 459 g/mol.